The lowest BCUT2D eigenvalue weighted by Crippen LogP contribution is -2.17. The van der Waals surface area contributed by atoms with Crippen molar-refractivity contribution in [2.75, 3.05) is 30.4 Å². The molecule has 1 aromatic carbocycles. The van der Waals surface area contributed by atoms with Crippen LogP contribution in [-0.2, 0) is 12.8 Å². The molecule has 2 aliphatic rings. The molecule has 0 spiro atoms. The van der Waals surface area contributed by atoms with E-state index in [9.17, 15) is 0 Å². The average Bonchev–Trinajstić information content (AvgIpc) is 3.06. The molecule has 2 heterocycles. The second kappa shape index (κ2) is 5.21. The first-order valence-electron chi connectivity index (χ1n) is 8.25. The van der Waals surface area contributed by atoms with Crippen LogP contribution >= 0.6 is 0 Å². The van der Waals surface area contributed by atoms with Crippen LogP contribution in [0.3, 0.4) is 0 Å². The summed E-state index contributed by atoms with van der Waals surface area (Å²) in [6.45, 7) is 2.39. The Morgan fingerprint density at radius 3 is 2.67 bits per heavy atom. The van der Waals surface area contributed by atoms with Crippen molar-refractivity contribution in [3.8, 4) is 0 Å². The molecule has 1 N–H and O–H groups in total. The summed E-state index contributed by atoms with van der Waals surface area (Å²) in [5, 5.41) is 4.75. The van der Waals surface area contributed by atoms with Gasteiger partial charge in [-0.15, -0.1) is 0 Å². The molecule has 0 bridgehead atoms. The monoisotopic (exact) mass is 281 g/mol. The van der Waals surface area contributed by atoms with Crippen LogP contribution < -0.4 is 10.2 Å². The predicted molar refractivity (Wildman–Crippen MR) is 89.4 cm³/mol. The van der Waals surface area contributed by atoms with Crippen LogP contribution in [0, 0.1) is 0 Å². The molecule has 1 aromatic heterocycles. The first kappa shape index (κ1) is 12.9. The minimum Gasteiger partial charge on any atom is -0.387 e. The Balaban J connectivity index is 1.88. The Hall–Kier alpha value is -1.77. The van der Waals surface area contributed by atoms with Crippen molar-refractivity contribution >= 4 is 22.3 Å². The first-order valence-corrected chi connectivity index (χ1v) is 8.25. The summed E-state index contributed by atoms with van der Waals surface area (Å²) >= 11 is 0. The smallest absolute Gasteiger partial charge is 0.0727 e. The molecule has 0 atom stereocenters. The summed E-state index contributed by atoms with van der Waals surface area (Å²) in [4.78, 5) is 7.43. The number of aromatic nitrogens is 1. The zero-order valence-corrected chi connectivity index (χ0v) is 12.8. The molecule has 0 radical (unpaired) electrons. The van der Waals surface area contributed by atoms with E-state index in [1.54, 1.807) is 0 Å². The zero-order valence-electron chi connectivity index (χ0n) is 12.8. The number of hydrogen-bond donors (Lipinski definition) is 1. The van der Waals surface area contributed by atoms with Gasteiger partial charge in [-0.1, -0.05) is 0 Å². The van der Waals surface area contributed by atoms with Crippen LogP contribution in [0.2, 0.25) is 0 Å². The van der Waals surface area contributed by atoms with Gasteiger partial charge in [0.1, 0.15) is 0 Å². The number of aryl methyl sites for hydroxylation is 1. The largest absolute Gasteiger partial charge is 0.387 e. The number of benzene rings is 1. The molecule has 2 aromatic rings. The summed E-state index contributed by atoms with van der Waals surface area (Å²) in [5.41, 5.74) is 6.58. The molecule has 0 unspecified atom stereocenters. The molecule has 1 aliphatic carbocycles. The summed E-state index contributed by atoms with van der Waals surface area (Å²) in [5.74, 6) is 0. The fourth-order valence-electron chi connectivity index (χ4n) is 3.87. The minimum atomic E-state index is 1.13. The van der Waals surface area contributed by atoms with Crippen molar-refractivity contribution in [3.63, 3.8) is 0 Å². The van der Waals surface area contributed by atoms with Crippen molar-refractivity contribution < 1.29 is 0 Å². The van der Waals surface area contributed by atoms with E-state index in [1.807, 2.05) is 7.05 Å². The van der Waals surface area contributed by atoms with E-state index < -0.39 is 0 Å². The molecule has 21 heavy (non-hydrogen) atoms. The Morgan fingerprint density at radius 1 is 1.05 bits per heavy atom. The molecule has 4 rings (SSSR count). The molecule has 1 saturated heterocycles. The van der Waals surface area contributed by atoms with Gasteiger partial charge in [0.25, 0.3) is 0 Å². The van der Waals surface area contributed by atoms with Gasteiger partial charge in [-0.2, -0.15) is 0 Å². The summed E-state index contributed by atoms with van der Waals surface area (Å²) in [6.07, 6.45) is 7.51. The summed E-state index contributed by atoms with van der Waals surface area (Å²) < 4.78 is 0. The highest BCUT2D eigenvalue weighted by atomic mass is 15.1. The second-order valence-corrected chi connectivity index (χ2v) is 6.26. The van der Waals surface area contributed by atoms with Crippen LogP contribution in [0.4, 0.5) is 11.4 Å². The zero-order chi connectivity index (χ0) is 14.2. The standard InChI is InChI=1S/C18H23N3/c1-19-18-14-6-2-3-7-16(14)20-17-9-8-13(12-15(17)18)21-10-4-5-11-21/h8-9,12H,2-7,10-11H2,1H3,(H,19,20). The molecule has 1 fully saturated rings. The lowest BCUT2D eigenvalue weighted by atomic mass is 9.92. The quantitative estimate of drug-likeness (QED) is 0.908. The maximum atomic E-state index is 4.93. The Labute approximate surface area is 126 Å². The van der Waals surface area contributed by atoms with Crippen LogP contribution in [0.5, 0.6) is 0 Å². The number of pyridine rings is 1. The van der Waals surface area contributed by atoms with Gasteiger partial charge >= 0.3 is 0 Å². The molecule has 1 aliphatic heterocycles. The van der Waals surface area contributed by atoms with E-state index in [-0.39, 0.29) is 0 Å². The number of anilines is 2. The summed E-state index contributed by atoms with van der Waals surface area (Å²) in [7, 11) is 2.05. The highest BCUT2D eigenvalue weighted by Crippen LogP contribution is 2.35. The number of hydrogen-bond acceptors (Lipinski definition) is 3. The third kappa shape index (κ3) is 2.15. The maximum Gasteiger partial charge on any atom is 0.0727 e. The third-order valence-corrected chi connectivity index (χ3v) is 4.97. The van der Waals surface area contributed by atoms with Gasteiger partial charge in [0.15, 0.2) is 0 Å². The van der Waals surface area contributed by atoms with Gasteiger partial charge in [0, 0.05) is 42.6 Å². The SMILES string of the molecule is CNc1c2c(nc3ccc(N4CCCC4)cc13)CCCC2. The van der Waals surface area contributed by atoms with Gasteiger partial charge in [0.2, 0.25) is 0 Å². The minimum absolute atomic E-state index is 1.13. The van der Waals surface area contributed by atoms with E-state index in [2.05, 4.69) is 28.4 Å². The molecule has 0 amide bonds. The Morgan fingerprint density at radius 2 is 1.86 bits per heavy atom. The van der Waals surface area contributed by atoms with E-state index >= 15 is 0 Å². The van der Waals surface area contributed by atoms with Crippen LogP contribution in [0.25, 0.3) is 10.9 Å². The van der Waals surface area contributed by atoms with Crippen molar-refractivity contribution in [2.24, 2.45) is 0 Å². The van der Waals surface area contributed by atoms with E-state index in [1.165, 1.54) is 73.2 Å². The van der Waals surface area contributed by atoms with Crippen LogP contribution in [0.1, 0.15) is 36.9 Å². The lowest BCUT2D eigenvalue weighted by Gasteiger charge is -2.22. The van der Waals surface area contributed by atoms with Gasteiger partial charge in [0.05, 0.1) is 5.52 Å². The van der Waals surface area contributed by atoms with E-state index in [0.29, 0.717) is 0 Å². The third-order valence-electron chi connectivity index (χ3n) is 4.97. The molecule has 0 saturated carbocycles. The van der Waals surface area contributed by atoms with Gasteiger partial charge in [-0.05, 0) is 62.3 Å². The Kier molecular flexibility index (Phi) is 3.21. The molecule has 3 heteroatoms. The fraction of sp³-hybridized carbons (Fsp3) is 0.500. The highest BCUT2D eigenvalue weighted by Gasteiger charge is 2.19. The van der Waals surface area contributed by atoms with Crippen molar-refractivity contribution in [1.82, 2.24) is 4.98 Å². The van der Waals surface area contributed by atoms with Crippen molar-refractivity contribution in [2.45, 2.75) is 38.5 Å². The Bertz CT molecular complexity index is 672. The van der Waals surface area contributed by atoms with Gasteiger partial charge in [-0.3, -0.25) is 4.98 Å². The number of nitrogens with one attached hydrogen (secondary N) is 1. The molecule has 3 nitrogen and oxygen atoms in total. The lowest BCUT2D eigenvalue weighted by molar-refractivity contribution is 0.672. The number of rotatable bonds is 2. The molecular formula is C18H23N3. The fourth-order valence-corrected chi connectivity index (χ4v) is 3.87. The molecule has 110 valence electrons. The van der Waals surface area contributed by atoms with E-state index in [4.69, 9.17) is 4.98 Å². The van der Waals surface area contributed by atoms with Crippen LogP contribution in [-0.4, -0.2) is 25.1 Å². The van der Waals surface area contributed by atoms with Gasteiger partial charge < -0.3 is 10.2 Å². The highest BCUT2D eigenvalue weighted by molar-refractivity contribution is 5.95. The number of nitrogens with zero attached hydrogens (tertiary/aromatic N) is 2. The van der Waals surface area contributed by atoms with Crippen molar-refractivity contribution in [3.05, 3.63) is 29.5 Å². The molecular weight excluding hydrogens is 258 g/mol. The predicted octanol–water partition coefficient (Wildman–Crippen LogP) is 3.76. The normalized spacial score (nSPS) is 18.0. The topological polar surface area (TPSA) is 28.2 Å². The van der Waals surface area contributed by atoms with Crippen LogP contribution in [0.15, 0.2) is 18.2 Å². The average molecular weight is 281 g/mol. The van der Waals surface area contributed by atoms with E-state index in [0.717, 1.165) is 11.9 Å². The van der Waals surface area contributed by atoms with Gasteiger partial charge in [-0.25, -0.2) is 0 Å². The van der Waals surface area contributed by atoms with Crippen molar-refractivity contribution in [1.29, 1.82) is 0 Å². The maximum absolute atomic E-state index is 4.93. The first-order chi connectivity index (χ1) is 10.4. The second-order valence-electron chi connectivity index (χ2n) is 6.26. The number of fused-ring (bicyclic) bond motifs is 2. The summed E-state index contributed by atoms with van der Waals surface area (Å²) in [6, 6.07) is 6.79.